The molecule has 3 rings (SSSR count). The molecule has 41 heavy (non-hydrogen) atoms. The molecule has 3 aromatic carbocycles. The number of benzene rings is 3. The predicted molar refractivity (Wildman–Crippen MR) is 166 cm³/mol. The summed E-state index contributed by atoms with van der Waals surface area (Å²) in [4.78, 5) is 29.2. The molecule has 3 aromatic rings. The smallest absolute Gasteiger partial charge is 0.264 e. The highest BCUT2D eigenvalue weighted by Crippen LogP contribution is 2.30. The van der Waals surface area contributed by atoms with Crippen LogP contribution in [0.4, 0.5) is 5.69 Å². The van der Waals surface area contributed by atoms with E-state index in [9.17, 15) is 18.0 Å². The number of aryl methyl sites for hydroxylation is 3. The van der Waals surface area contributed by atoms with E-state index in [-0.39, 0.29) is 17.3 Å². The van der Waals surface area contributed by atoms with Crippen LogP contribution in [0, 0.1) is 20.8 Å². The Bertz CT molecular complexity index is 1480. The Morgan fingerprint density at radius 2 is 1.46 bits per heavy atom. The van der Waals surface area contributed by atoms with Crippen molar-refractivity contribution in [2.75, 3.05) is 10.8 Å². The van der Waals surface area contributed by atoms with Crippen LogP contribution in [0.5, 0.6) is 0 Å². The normalized spacial score (nSPS) is 12.5. The molecule has 0 aliphatic heterocycles. The largest absolute Gasteiger partial charge is 0.350 e. The van der Waals surface area contributed by atoms with Gasteiger partial charge in [0.25, 0.3) is 10.0 Å². The average Bonchev–Trinajstić information content (AvgIpc) is 2.89. The molecular weight excluding hydrogens is 558 g/mol. The van der Waals surface area contributed by atoms with Crippen molar-refractivity contribution in [2.24, 2.45) is 0 Å². The monoisotopic (exact) mass is 597 g/mol. The van der Waals surface area contributed by atoms with Crippen molar-refractivity contribution in [3.8, 4) is 0 Å². The zero-order chi connectivity index (χ0) is 30.5. The van der Waals surface area contributed by atoms with Crippen LogP contribution in [0.2, 0.25) is 5.02 Å². The van der Waals surface area contributed by atoms with E-state index in [4.69, 9.17) is 11.6 Å². The van der Waals surface area contributed by atoms with E-state index in [2.05, 4.69) is 5.32 Å². The number of hydrogen-bond donors (Lipinski definition) is 1. The SMILES string of the molecule is CC[C@H](C(=O)NC(C)(C)C)N(Cc1ccc(C)cc1)C(=O)CN(c1cc(Cl)ccc1C)S(=O)(=O)c1ccc(C)cc1. The van der Waals surface area contributed by atoms with E-state index >= 15 is 0 Å². The van der Waals surface area contributed by atoms with Gasteiger partial charge in [-0.3, -0.25) is 13.9 Å². The molecule has 0 heterocycles. The molecule has 1 atom stereocenters. The maximum atomic E-state index is 14.2. The molecule has 0 saturated carbocycles. The maximum absolute atomic E-state index is 14.2. The highest BCUT2D eigenvalue weighted by Gasteiger charge is 2.35. The summed E-state index contributed by atoms with van der Waals surface area (Å²) in [5.74, 6) is -0.802. The van der Waals surface area contributed by atoms with Gasteiger partial charge in [-0.05, 0) is 83.4 Å². The van der Waals surface area contributed by atoms with Crippen molar-refractivity contribution in [2.45, 2.75) is 77.9 Å². The predicted octanol–water partition coefficient (Wildman–Crippen LogP) is 6.18. The first kappa shape index (κ1) is 32.2. The Morgan fingerprint density at radius 3 is 2.00 bits per heavy atom. The fourth-order valence-electron chi connectivity index (χ4n) is 4.46. The summed E-state index contributed by atoms with van der Waals surface area (Å²) in [5.41, 5.74) is 3.23. The van der Waals surface area contributed by atoms with Crippen LogP contribution >= 0.6 is 11.6 Å². The van der Waals surface area contributed by atoms with Gasteiger partial charge in [-0.25, -0.2) is 8.42 Å². The number of hydrogen-bond acceptors (Lipinski definition) is 4. The molecule has 0 unspecified atom stereocenters. The third kappa shape index (κ3) is 8.33. The fourth-order valence-corrected chi connectivity index (χ4v) is 6.10. The molecule has 7 nitrogen and oxygen atoms in total. The van der Waals surface area contributed by atoms with Crippen molar-refractivity contribution < 1.29 is 18.0 Å². The van der Waals surface area contributed by atoms with Gasteiger partial charge in [0, 0.05) is 17.1 Å². The molecule has 0 radical (unpaired) electrons. The van der Waals surface area contributed by atoms with E-state index in [1.165, 1.54) is 17.0 Å². The summed E-state index contributed by atoms with van der Waals surface area (Å²) in [6.45, 7) is 12.7. The second kappa shape index (κ2) is 13.1. The van der Waals surface area contributed by atoms with Crippen molar-refractivity contribution >= 4 is 39.1 Å². The van der Waals surface area contributed by atoms with Crippen LogP contribution < -0.4 is 9.62 Å². The number of halogens is 1. The van der Waals surface area contributed by atoms with Crippen molar-refractivity contribution in [3.63, 3.8) is 0 Å². The molecule has 1 N–H and O–H groups in total. The lowest BCUT2D eigenvalue weighted by Gasteiger charge is -2.35. The van der Waals surface area contributed by atoms with Gasteiger partial charge in [0.1, 0.15) is 12.6 Å². The summed E-state index contributed by atoms with van der Waals surface area (Å²) in [7, 11) is -4.17. The topological polar surface area (TPSA) is 86.8 Å². The quantitative estimate of drug-likeness (QED) is 0.302. The molecule has 0 aliphatic carbocycles. The Balaban J connectivity index is 2.11. The molecule has 9 heteroatoms. The Hall–Kier alpha value is -3.36. The van der Waals surface area contributed by atoms with Gasteiger partial charge in [0.05, 0.1) is 10.6 Å². The number of anilines is 1. The second-order valence-electron chi connectivity index (χ2n) is 11.4. The van der Waals surface area contributed by atoms with Crippen molar-refractivity contribution in [1.29, 1.82) is 0 Å². The lowest BCUT2D eigenvalue weighted by molar-refractivity contribution is -0.141. The lowest BCUT2D eigenvalue weighted by atomic mass is 10.1. The Morgan fingerprint density at radius 1 is 0.902 bits per heavy atom. The number of nitrogens with zero attached hydrogens (tertiary/aromatic N) is 2. The molecular formula is C32H40ClN3O4S. The zero-order valence-electron chi connectivity index (χ0n) is 24.9. The average molecular weight is 598 g/mol. The summed E-state index contributed by atoms with van der Waals surface area (Å²) in [6, 6.07) is 18.3. The summed E-state index contributed by atoms with van der Waals surface area (Å²) in [6.07, 6.45) is 0.348. The molecule has 0 saturated heterocycles. The van der Waals surface area contributed by atoms with E-state index in [1.807, 2.05) is 65.8 Å². The van der Waals surface area contributed by atoms with Gasteiger partial charge < -0.3 is 10.2 Å². The molecule has 0 aromatic heterocycles. The summed E-state index contributed by atoms with van der Waals surface area (Å²) >= 11 is 6.30. The van der Waals surface area contributed by atoms with E-state index < -0.39 is 34.1 Å². The Kier molecular flexibility index (Phi) is 10.3. The van der Waals surface area contributed by atoms with E-state index in [0.29, 0.717) is 22.7 Å². The molecule has 0 bridgehead atoms. The maximum Gasteiger partial charge on any atom is 0.264 e. The zero-order valence-corrected chi connectivity index (χ0v) is 26.4. The first-order chi connectivity index (χ1) is 19.1. The van der Waals surface area contributed by atoms with Gasteiger partial charge in [0.2, 0.25) is 11.8 Å². The van der Waals surface area contributed by atoms with Gasteiger partial charge >= 0.3 is 0 Å². The van der Waals surface area contributed by atoms with Crippen LogP contribution in [-0.4, -0.2) is 43.3 Å². The highest BCUT2D eigenvalue weighted by molar-refractivity contribution is 7.92. The fraction of sp³-hybridized carbons (Fsp3) is 0.375. The number of rotatable bonds is 10. The molecule has 0 spiro atoms. The van der Waals surface area contributed by atoms with Crippen molar-refractivity contribution in [3.05, 3.63) is 94.0 Å². The number of amides is 2. The summed E-state index contributed by atoms with van der Waals surface area (Å²) in [5, 5.41) is 3.32. The van der Waals surface area contributed by atoms with Gasteiger partial charge in [-0.2, -0.15) is 0 Å². The van der Waals surface area contributed by atoms with Gasteiger partial charge in [0.15, 0.2) is 0 Å². The second-order valence-corrected chi connectivity index (χ2v) is 13.7. The minimum Gasteiger partial charge on any atom is -0.350 e. The van der Waals surface area contributed by atoms with Gasteiger partial charge in [-0.15, -0.1) is 0 Å². The third-order valence-electron chi connectivity index (χ3n) is 6.69. The van der Waals surface area contributed by atoms with E-state index in [1.54, 1.807) is 37.3 Å². The number of nitrogens with one attached hydrogen (secondary N) is 1. The van der Waals surface area contributed by atoms with E-state index in [0.717, 1.165) is 21.0 Å². The number of carbonyl (C=O) groups is 2. The van der Waals surface area contributed by atoms with Crippen molar-refractivity contribution in [1.82, 2.24) is 10.2 Å². The lowest BCUT2D eigenvalue weighted by Crippen LogP contribution is -2.55. The molecule has 0 fully saturated rings. The first-order valence-electron chi connectivity index (χ1n) is 13.6. The van der Waals surface area contributed by atoms with Crippen LogP contribution in [0.15, 0.2) is 71.6 Å². The van der Waals surface area contributed by atoms with Crippen LogP contribution in [0.3, 0.4) is 0 Å². The highest BCUT2D eigenvalue weighted by atomic mass is 35.5. The van der Waals surface area contributed by atoms with Crippen LogP contribution in [0.25, 0.3) is 0 Å². The first-order valence-corrected chi connectivity index (χ1v) is 15.5. The Labute approximate surface area is 249 Å². The van der Waals surface area contributed by atoms with Crippen LogP contribution in [-0.2, 0) is 26.2 Å². The minimum absolute atomic E-state index is 0.0536. The molecule has 0 aliphatic rings. The molecule has 220 valence electrons. The third-order valence-corrected chi connectivity index (χ3v) is 8.69. The van der Waals surface area contributed by atoms with Gasteiger partial charge in [-0.1, -0.05) is 72.1 Å². The van der Waals surface area contributed by atoms with Crippen LogP contribution in [0.1, 0.15) is 56.4 Å². The standard InChI is InChI=1S/C32H40ClN3O4S/c1-8-28(31(38)34-32(5,6)7)35(20-25-14-9-22(2)10-15-25)30(37)21-36(29-19-26(33)16-13-24(29)4)41(39,40)27-17-11-23(3)12-18-27/h9-19,28H,8,20-21H2,1-7H3,(H,34,38)/t28-/m1/s1. The summed E-state index contributed by atoms with van der Waals surface area (Å²) < 4.78 is 29.2. The molecule has 2 amide bonds. The number of sulfonamides is 1. The minimum atomic E-state index is -4.17. The number of carbonyl (C=O) groups excluding carboxylic acids is 2.